The summed E-state index contributed by atoms with van der Waals surface area (Å²) in [6, 6.07) is 0.0975. The Morgan fingerprint density at radius 2 is 2.22 bits per heavy atom. The Hall–Kier alpha value is -1.10. The van der Waals surface area contributed by atoms with Crippen molar-refractivity contribution in [2.24, 2.45) is 11.7 Å². The van der Waals surface area contributed by atoms with Gasteiger partial charge in [-0.3, -0.25) is 9.59 Å². The SMILES string of the molecule is CCCC(CN)C(=O)N1CCCC(NC(C)=O)C1. The normalized spacial score (nSPS) is 21.5. The average Bonchev–Trinajstić information content (AvgIpc) is 2.34. The number of rotatable bonds is 5. The summed E-state index contributed by atoms with van der Waals surface area (Å²) in [5.41, 5.74) is 5.66. The smallest absolute Gasteiger partial charge is 0.227 e. The van der Waals surface area contributed by atoms with Gasteiger partial charge in [-0.2, -0.15) is 0 Å². The van der Waals surface area contributed by atoms with E-state index in [4.69, 9.17) is 5.73 Å². The molecule has 0 spiro atoms. The lowest BCUT2D eigenvalue weighted by Crippen LogP contribution is -2.51. The molecule has 0 aliphatic carbocycles. The molecule has 1 heterocycles. The molecule has 0 aromatic rings. The molecule has 5 nitrogen and oxygen atoms in total. The van der Waals surface area contributed by atoms with E-state index in [1.54, 1.807) is 0 Å². The van der Waals surface area contributed by atoms with Crippen LogP contribution in [0, 0.1) is 5.92 Å². The summed E-state index contributed by atoms with van der Waals surface area (Å²) in [6.45, 7) is 5.40. The van der Waals surface area contributed by atoms with Crippen molar-refractivity contribution >= 4 is 11.8 Å². The van der Waals surface area contributed by atoms with E-state index >= 15 is 0 Å². The number of amides is 2. The van der Waals surface area contributed by atoms with Gasteiger partial charge in [0.25, 0.3) is 0 Å². The summed E-state index contributed by atoms with van der Waals surface area (Å²) in [5, 5.41) is 2.89. The molecule has 3 N–H and O–H groups in total. The molecule has 2 atom stereocenters. The van der Waals surface area contributed by atoms with Gasteiger partial charge >= 0.3 is 0 Å². The lowest BCUT2D eigenvalue weighted by Gasteiger charge is -2.35. The van der Waals surface area contributed by atoms with E-state index in [2.05, 4.69) is 12.2 Å². The van der Waals surface area contributed by atoms with Crippen LogP contribution in [0.5, 0.6) is 0 Å². The molecule has 2 unspecified atom stereocenters. The second-order valence-corrected chi connectivity index (χ2v) is 5.05. The average molecular weight is 255 g/mol. The highest BCUT2D eigenvalue weighted by atomic mass is 16.2. The van der Waals surface area contributed by atoms with Gasteiger partial charge in [-0.25, -0.2) is 0 Å². The van der Waals surface area contributed by atoms with Gasteiger partial charge in [-0.05, 0) is 19.3 Å². The van der Waals surface area contributed by atoms with Gasteiger partial charge in [0.05, 0.1) is 5.92 Å². The van der Waals surface area contributed by atoms with Crippen LogP contribution >= 0.6 is 0 Å². The van der Waals surface area contributed by atoms with Crippen LogP contribution in [0.15, 0.2) is 0 Å². The standard InChI is InChI=1S/C13H25N3O2/c1-3-5-11(8-14)13(18)16-7-4-6-12(9-16)15-10(2)17/h11-12H,3-9,14H2,1-2H3,(H,15,17). The third kappa shape index (κ3) is 4.29. The molecular formula is C13H25N3O2. The maximum Gasteiger partial charge on any atom is 0.227 e. The highest BCUT2D eigenvalue weighted by molar-refractivity contribution is 5.79. The minimum atomic E-state index is -0.0638. The van der Waals surface area contributed by atoms with Crippen LogP contribution in [0.3, 0.4) is 0 Å². The minimum Gasteiger partial charge on any atom is -0.352 e. The fraction of sp³-hybridized carbons (Fsp3) is 0.846. The summed E-state index contributed by atoms with van der Waals surface area (Å²) in [7, 11) is 0. The van der Waals surface area contributed by atoms with E-state index in [9.17, 15) is 9.59 Å². The maximum absolute atomic E-state index is 12.3. The highest BCUT2D eigenvalue weighted by Crippen LogP contribution is 2.15. The number of nitrogens with two attached hydrogens (primary N) is 1. The van der Waals surface area contributed by atoms with E-state index < -0.39 is 0 Å². The topological polar surface area (TPSA) is 75.4 Å². The van der Waals surface area contributed by atoms with E-state index in [1.807, 2.05) is 4.90 Å². The van der Waals surface area contributed by atoms with E-state index in [0.29, 0.717) is 13.1 Å². The first kappa shape index (κ1) is 15.0. The number of carbonyl (C=O) groups excluding carboxylic acids is 2. The zero-order valence-corrected chi connectivity index (χ0v) is 11.4. The van der Waals surface area contributed by atoms with Crippen LogP contribution in [0.1, 0.15) is 39.5 Å². The molecule has 1 aliphatic rings. The van der Waals surface area contributed by atoms with Gasteiger partial charge < -0.3 is 16.0 Å². The lowest BCUT2D eigenvalue weighted by atomic mass is 9.99. The van der Waals surface area contributed by atoms with Crippen LogP contribution in [0.4, 0.5) is 0 Å². The number of hydrogen-bond acceptors (Lipinski definition) is 3. The molecule has 5 heteroatoms. The largest absolute Gasteiger partial charge is 0.352 e. The summed E-state index contributed by atoms with van der Waals surface area (Å²) in [6.07, 6.45) is 3.71. The van der Waals surface area contributed by atoms with Crippen LogP contribution in [0.25, 0.3) is 0 Å². The molecule has 1 aliphatic heterocycles. The third-order valence-electron chi connectivity index (χ3n) is 3.41. The van der Waals surface area contributed by atoms with Crippen molar-refractivity contribution in [3.8, 4) is 0 Å². The highest BCUT2D eigenvalue weighted by Gasteiger charge is 2.27. The number of nitrogens with one attached hydrogen (secondary N) is 1. The summed E-state index contributed by atoms with van der Waals surface area (Å²) >= 11 is 0. The number of likely N-dealkylation sites (tertiary alicyclic amines) is 1. The number of carbonyl (C=O) groups is 2. The molecule has 2 amide bonds. The van der Waals surface area contributed by atoms with Gasteiger partial charge in [0, 0.05) is 32.6 Å². The van der Waals surface area contributed by atoms with Crippen LogP contribution < -0.4 is 11.1 Å². The molecule has 1 rings (SSSR count). The van der Waals surface area contributed by atoms with Gasteiger partial charge in [-0.1, -0.05) is 13.3 Å². The Labute approximate surface area is 109 Å². The monoisotopic (exact) mass is 255 g/mol. The first-order valence-corrected chi connectivity index (χ1v) is 6.84. The molecule has 0 saturated carbocycles. The lowest BCUT2D eigenvalue weighted by molar-refractivity contribution is -0.137. The minimum absolute atomic E-state index is 0.0294. The summed E-state index contributed by atoms with van der Waals surface area (Å²) in [5.74, 6) is 0.0544. The molecule has 1 saturated heterocycles. The summed E-state index contributed by atoms with van der Waals surface area (Å²) in [4.78, 5) is 25.2. The second-order valence-electron chi connectivity index (χ2n) is 5.05. The Kier molecular flexibility index (Phi) is 6.12. The molecule has 0 aromatic heterocycles. The van der Waals surface area contributed by atoms with Gasteiger partial charge in [0.2, 0.25) is 11.8 Å². The van der Waals surface area contributed by atoms with E-state index in [-0.39, 0.29) is 23.8 Å². The first-order chi connectivity index (χ1) is 8.58. The van der Waals surface area contributed by atoms with Crippen molar-refractivity contribution in [2.75, 3.05) is 19.6 Å². The van der Waals surface area contributed by atoms with Crippen LogP contribution in [-0.4, -0.2) is 42.4 Å². The van der Waals surface area contributed by atoms with Crippen molar-refractivity contribution in [3.63, 3.8) is 0 Å². The number of nitrogens with zero attached hydrogens (tertiary/aromatic N) is 1. The predicted octanol–water partition coefficient (Wildman–Crippen LogP) is 0.489. The number of piperidine rings is 1. The fourth-order valence-electron chi connectivity index (χ4n) is 2.53. The van der Waals surface area contributed by atoms with Crippen molar-refractivity contribution in [2.45, 2.75) is 45.6 Å². The molecule has 0 radical (unpaired) electrons. The predicted molar refractivity (Wildman–Crippen MR) is 70.9 cm³/mol. The maximum atomic E-state index is 12.3. The van der Waals surface area contributed by atoms with Gasteiger partial charge in [0.15, 0.2) is 0 Å². The summed E-state index contributed by atoms with van der Waals surface area (Å²) < 4.78 is 0. The van der Waals surface area contributed by atoms with Crippen LogP contribution in [-0.2, 0) is 9.59 Å². The molecular weight excluding hydrogens is 230 g/mol. The van der Waals surface area contributed by atoms with Crippen molar-refractivity contribution in [1.82, 2.24) is 10.2 Å². The second kappa shape index (κ2) is 7.36. The molecule has 0 aromatic carbocycles. The van der Waals surface area contributed by atoms with Crippen molar-refractivity contribution in [3.05, 3.63) is 0 Å². The molecule has 18 heavy (non-hydrogen) atoms. The first-order valence-electron chi connectivity index (χ1n) is 6.84. The Morgan fingerprint density at radius 1 is 1.50 bits per heavy atom. The third-order valence-corrected chi connectivity index (χ3v) is 3.41. The Bertz CT molecular complexity index is 294. The zero-order chi connectivity index (χ0) is 13.5. The molecule has 1 fully saturated rings. The Balaban J connectivity index is 2.54. The molecule has 0 bridgehead atoms. The van der Waals surface area contributed by atoms with E-state index in [0.717, 1.165) is 32.2 Å². The van der Waals surface area contributed by atoms with Gasteiger partial charge in [0.1, 0.15) is 0 Å². The van der Waals surface area contributed by atoms with Crippen LogP contribution in [0.2, 0.25) is 0 Å². The Morgan fingerprint density at radius 3 is 2.78 bits per heavy atom. The quantitative estimate of drug-likeness (QED) is 0.750. The van der Waals surface area contributed by atoms with E-state index in [1.165, 1.54) is 6.92 Å². The zero-order valence-electron chi connectivity index (χ0n) is 11.4. The van der Waals surface area contributed by atoms with Crippen molar-refractivity contribution < 1.29 is 9.59 Å². The number of hydrogen-bond donors (Lipinski definition) is 2. The van der Waals surface area contributed by atoms with Crippen molar-refractivity contribution in [1.29, 1.82) is 0 Å². The van der Waals surface area contributed by atoms with Gasteiger partial charge in [-0.15, -0.1) is 0 Å². The molecule has 104 valence electrons. The fourth-order valence-corrected chi connectivity index (χ4v) is 2.53.